The highest BCUT2D eigenvalue weighted by Gasteiger charge is 1.98. The predicted octanol–water partition coefficient (Wildman–Crippen LogP) is 2.82. The molecule has 17 heavy (non-hydrogen) atoms. The molecule has 0 aliphatic carbocycles. The lowest BCUT2D eigenvalue weighted by molar-refractivity contribution is -0.111. The highest BCUT2D eigenvalue weighted by Crippen LogP contribution is 2.12. The number of nitrogens with one attached hydrogen (secondary N) is 2. The lowest BCUT2D eigenvalue weighted by Crippen LogP contribution is -2.08. The monoisotopic (exact) mass is 291 g/mol. The van der Waals surface area contributed by atoms with Gasteiger partial charge in [0.05, 0.1) is 0 Å². The Kier molecular flexibility index (Phi) is 3.72. The number of H-pyrrole nitrogens is 1. The maximum atomic E-state index is 11.5. The first-order chi connectivity index (χ1) is 8.24. The first-order valence-corrected chi connectivity index (χ1v) is 5.77. The molecular weight excluding hydrogens is 282 g/mol. The number of nitrogens with zero attached hydrogens (tertiary/aromatic N) is 1. The number of benzene rings is 1. The van der Waals surface area contributed by atoms with Crippen molar-refractivity contribution < 1.29 is 4.79 Å². The fourth-order valence-electron chi connectivity index (χ4n) is 1.27. The van der Waals surface area contributed by atoms with Crippen molar-refractivity contribution in [2.75, 3.05) is 5.32 Å². The molecule has 0 unspecified atom stereocenters. The van der Waals surface area contributed by atoms with Gasteiger partial charge < -0.3 is 4.98 Å². The van der Waals surface area contributed by atoms with Crippen LogP contribution >= 0.6 is 15.9 Å². The Hall–Kier alpha value is -1.88. The zero-order valence-electron chi connectivity index (χ0n) is 8.85. The van der Waals surface area contributed by atoms with Crippen LogP contribution in [-0.2, 0) is 4.79 Å². The largest absolute Gasteiger partial charge is 0.331 e. The normalized spacial score (nSPS) is 10.6. The smallest absolute Gasteiger partial charge is 0.250 e. The van der Waals surface area contributed by atoms with Crippen molar-refractivity contribution in [3.05, 3.63) is 52.8 Å². The van der Waals surface area contributed by atoms with Gasteiger partial charge in [-0.3, -0.25) is 10.1 Å². The van der Waals surface area contributed by atoms with E-state index in [2.05, 4.69) is 31.2 Å². The predicted molar refractivity (Wildman–Crippen MR) is 70.4 cm³/mol. The summed E-state index contributed by atoms with van der Waals surface area (Å²) in [7, 11) is 0. The van der Waals surface area contributed by atoms with Gasteiger partial charge in [-0.2, -0.15) is 0 Å². The third kappa shape index (κ3) is 3.57. The number of hydrogen-bond donors (Lipinski definition) is 2. The highest BCUT2D eigenvalue weighted by atomic mass is 79.9. The summed E-state index contributed by atoms with van der Waals surface area (Å²) in [6, 6.07) is 7.69. The Morgan fingerprint density at radius 3 is 3.06 bits per heavy atom. The van der Waals surface area contributed by atoms with Crippen LogP contribution in [0.25, 0.3) is 6.08 Å². The Labute approximate surface area is 107 Å². The molecule has 2 N–H and O–H groups in total. The molecule has 0 saturated carbocycles. The average molecular weight is 292 g/mol. The molecule has 0 saturated heterocycles. The molecule has 1 aromatic carbocycles. The molecule has 2 aromatic rings. The molecule has 0 aliphatic rings. The van der Waals surface area contributed by atoms with Crippen LogP contribution in [0, 0.1) is 0 Å². The summed E-state index contributed by atoms with van der Waals surface area (Å²) >= 11 is 3.37. The Balaban J connectivity index is 1.99. The van der Waals surface area contributed by atoms with Crippen molar-refractivity contribution in [3.63, 3.8) is 0 Å². The van der Waals surface area contributed by atoms with Gasteiger partial charge >= 0.3 is 0 Å². The first kappa shape index (κ1) is 11.6. The molecule has 1 heterocycles. The maximum absolute atomic E-state index is 11.5. The van der Waals surface area contributed by atoms with E-state index in [4.69, 9.17) is 0 Å². The molecule has 2 rings (SSSR count). The Morgan fingerprint density at radius 1 is 1.47 bits per heavy atom. The van der Waals surface area contributed by atoms with Crippen LogP contribution in [0.2, 0.25) is 0 Å². The van der Waals surface area contributed by atoms with E-state index in [1.165, 1.54) is 6.08 Å². The van der Waals surface area contributed by atoms with Crippen molar-refractivity contribution in [3.8, 4) is 0 Å². The van der Waals surface area contributed by atoms with E-state index in [0.29, 0.717) is 5.95 Å². The van der Waals surface area contributed by atoms with Gasteiger partial charge in [-0.15, -0.1) is 0 Å². The summed E-state index contributed by atoms with van der Waals surface area (Å²) < 4.78 is 0.978. The van der Waals surface area contributed by atoms with Crippen molar-refractivity contribution >= 4 is 33.9 Å². The van der Waals surface area contributed by atoms with Gasteiger partial charge in [-0.25, -0.2) is 4.98 Å². The molecule has 86 valence electrons. The summed E-state index contributed by atoms with van der Waals surface area (Å²) in [4.78, 5) is 18.2. The number of halogens is 1. The quantitative estimate of drug-likeness (QED) is 0.855. The number of carbonyl (C=O) groups is 1. The van der Waals surface area contributed by atoms with Crippen LogP contribution < -0.4 is 5.32 Å². The molecule has 1 aromatic heterocycles. The van der Waals surface area contributed by atoms with E-state index < -0.39 is 0 Å². The molecule has 0 radical (unpaired) electrons. The highest BCUT2D eigenvalue weighted by molar-refractivity contribution is 9.10. The fraction of sp³-hybridized carbons (Fsp3) is 0. The number of aromatic nitrogens is 2. The number of aromatic amines is 1. The summed E-state index contributed by atoms with van der Waals surface area (Å²) in [5.41, 5.74) is 0.953. The minimum atomic E-state index is -0.222. The van der Waals surface area contributed by atoms with Gasteiger partial charge in [0.1, 0.15) is 0 Å². The summed E-state index contributed by atoms with van der Waals surface area (Å²) in [5.74, 6) is 0.216. The average Bonchev–Trinajstić information content (AvgIpc) is 2.79. The minimum absolute atomic E-state index is 0.222. The summed E-state index contributed by atoms with van der Waals surface area (Å²) in [6.07, 6.45) is 6.43. The lowest BCUT2D eigenvalue weighted by Gasteiger charge is -1.96. The van der Waals surface area contributed by atoms with E-state index in [1.54, 1.807) is 18.5 Å². The molecule has 0 bridgehead atoms. The van der Waals surface area contributed by atoms with E-state index in [-0.39, 0.29) is 5.91 Å². The second-order valence-electron chi connectivity index (χ2n) is 3.32. The number of amides is 1. The van der Waals surface area contributed by atoms with Crippen LogP contribution in [0.1, 0.15) is 5.56 Å². The van der Waals surface area contributed by atoms with Crippen molar-refractivity contribution in [2.24, 2.45) is 0 Å². The van der Waals surface area contributed by atoms with Crippen LogP contribution in [0.5, 0.6) is 0 Å². The van der Waals surface area contributed by atoms with Crippen molar-refractivity contribution in [1.29, 1.82) is 0 Å². The number of carbonyl (C=O) groups excluding carboxylic acids is 1. The van der Waals surface area contributed by atoms with Crippen LogP contribution in [-0.4, -0.2) is 15.9 Å². The third-order valence-corrected chi connectivity index (χ3v) is 2.51. The summed E-state index contributed by atoms with van der Waals surface area (Å²) in [5, 5.41) is 2.60. The van der Waals surface area contributed by atoms with Crippen LogP contribution in [0.4, 0.5) is 5.95 Å². The third-order valence-electron chi connectivity index (χ3n) is 2.02. The Morgan fingerprint density at radius 2 is 2.35 bits per heavy atom. The molecule has 5 heteroatoms. The van der Waals surface area contributed by atoms with Gasteiger partial charge in [0.2, 0.25) is 5.95 Å². The van der Waals surface area contributed by atoms with Gasteiger partial charge in [-0.05, 0) is 23.8 Å². The molecule has 0 atom stereocenters. The van der Waals surface area contributed by atoms with Crippen molar-refractivity contribution in [2.45, 2.75) is 0 Å². The summed E-state index contributed by atoms with van der Waals surface area (Å²) in [6.45, 7) is 0. The van der Waals surface area contributed by atoms with Gasteiger partial charge in [0.15, 0.2) is 0 Å². The van der Waals surface area contributed by atoms with Gasteiger partial charge in [0.25, 0.3) is 5.91 Å². The number of anilines is 1. The van der Waals surface area contributed by atoms with Gasteiger partial charge in [-0.1, -0.05) is 28.1 Å². The van der Waals surface area contributed by atoms with E-state index in [0.717, 1.165) is 10.0 Å². The minimum Gasteiger partial charge on any atom is -0.331 e. The standard InChI is InChI=1S/C12H10BrN3O/c13-10-3-1-2-9(8-10)4-5-11(17)16-12-14-6-7-15-12/h1-8H,(H2,14,15,16,17). The zero-order valence-corrected chi connectivity index (χ0v) is 10.4. The second kappa shape index (κ2) is 5.45. The molecule has 0 spiro atoms. The maximum Gasteiger partial charge on any atom is 0.250 e. The Bertz CT molecular complexity index is 534. The van der Waals surface area contributed by atoms with Crippen molar-refractivity contribution in [1.82, 2.24) is 9.97 Å². The molecular formula is C12H10BrN3O. The number of rotatable bonds is 3. The van der Waals surface area contributed by atoms with Crippen LogP contribution in [0.3, 0.4) is 0 Å². The molecule has 0 fully saturated rings. The number of hydrogen-bond acceptors (Lipinski definition) is 2. The topological polar surface area (TPSA) is 57.8 Å². The molecule has 4 nitrogen and oxygen atoms in total. The van der Waals surface area contributed by atoms with E-state index >= 15 is 0 Å². The SMILES string of the molecule is O=C(C=Cc1cccc(Br)c1)Nc1ncc[nH]1. The van der Waals surface area contributed by atoms with Crippen LogP contribution in [0.15, 0.2) is 47.2 Å². The van der Waals surface area contributed by atoms with E-state index in [1.807, 2.05) is 24.3 Å². The van der Waals surface area contributed by atoms with Gasteiger partial charge in [0, 0.05) is 22.9 Å². The fourth-order valence-corrected chi connectivity index (χ4v) is 1.69. The zero-order chi connectivity index (χ0) is 12.1. The molecule has 0 aliphatic heterocycles. The molecule has 1 amide bonds. The van der Waals surface area contributed by atoms with E-state index in [9.17, 15) is 4.79 Å². The number of imidazole rings is 1. The first-order valence-electron chi connectivity index (χ1n) is 4.98. The lowest BCUT2D eigenvalue weighted by atomic mass is 10.2. The second-order valence-corrected chi connectivity index (χ2v) is 4.23.